The van der Waals surface area contributed by atoms with Crippen LogP contribution in [0.15, 0.2) is 18.2 Å². The topological polar surface area (TPSA) is 66.5 Å². The molecule has 1 aromatic rings. The van der Waals surface area contributed by atoms with Crippen LogP contribution in [-0.2, 0) is 10.0 Å². The van der Waals surface area contributed by atoms with Crippen molar-refractivity contribution < 1.29 is 13.2 Å². The molecule has 24 heavy (non-hydrogen) atoms. The van der Waals surface area contributed by atoms with Gasteiger partial charge in [0.05, 0.1) is 11.9 Å². The van der Waals surface area contributed by atoms with Crippen molar-refractivity contribution in [1.29, 1.82) is 0 Å². The molecule has 5 nitrogen and oxygen atoms in total. The monoisotopic (exact) mass is 370 g/mol. The number of hydrogen-bond acceptors (Lipinski definition) is 4. The Bertz CT molecular complexity index is 683. The molecule has 1 amide bonds. The average Bonchev–Trinajstić information content (AvgIpc) is 3.03. The zero-order valence-electron chi connectivity index (χ0n) is 14.5. The Balaban J connectivity index is 1.94. The molecule has 7 heteroatoms. The molecule has 1 aromatic carbocycles. The Kier molecular flexibility index (Phi) is 6.57. The summed E-state index contributed by atoms with van der Waals surface area (Å²) >= 11 is 1.93. The molecule has 0 unspecified atom stereocenters. The molecule has 0 aliphatic heterocycles. The van der Waals surface area contributed by atoms with E-state index in [9.17, 15) is 13.2 Å². The van der Waals surface area contributed by atoms with Gasteiger partial charge in [-0.1, -0.05) is 18.9 Å². The van der Waals surface area contributed by atoms with E-state index in [1.165, 1.54) is 37.0 Å². The highest BCUT2D eigenvalue weighted by atomic mass is 32.2. The van der Waals surface area contributed by atoms with Crippen LogP contribution in [0.5, 0.6) is 0 Å². The predicted octanol–water partition coefficient (Wildman–Crippen LogP) is 2.80. The van der Waals surface area contributed by atoms with Gasteiger partial charge in [-0.2, -0.15) is 11.8 Å². The van der Waals surface area contributed by atoms with Crippen molar-refractivity contribution in [3.05, 3.63) is 29.3 Å². The van der Waals surface area contributed by atoms with Crippen molar-refractivity contribution in [3.8, 4) is 0 Å². The van der Waals surface area contributed by atoms with Crippen molar-refractivity contribution >= 4 is 33.4 Å². The number of thioether (sulfide) groups is 1. The summed E-state index contributed by atoms with van der Waals surface area (Å²) in [5.41, 5.74) is 1.83. The minimum atomic E-state index is -3.35. The number of benzene rings is 1. The standard InChI is InChI=1S/C17H26N2O3S2/c1-13-8-9-14(12-16(13)19(2)24(3,21)22)17(20)18-10-11-23-15-6-4-5-7-15/h8-9,12,15H,4-7,10-11H2,1-3H3,(H,18,20). The van der Waals surface area contributed by atoms with Crippen molar-refractivity contribution in [2.24, 2.45) is 0 Å². The second-order valence-electron chi connectivity index (χ2n) is 6.26. The molecular weight excluding hydrogens is 344 g/mol. The van der Waals surface area contributed by atoms with Crippen LogP contribution in [0.3, 0.4) is 0 Å². The number of anilines is 1. The Hall–Kier alpha value is -1.21. The fraction of sp³-hybridized carbons (Fsp3) is 0.588. The summed E-state index contributed by atoms with van der Waals surface area (Å²) < 4.78 is 24.7. The van der Waals surface area contributed by atoms with Crippen LogP contribution in [0.4, 0.5) is 5.69 Å². The van der Waals surface area contributed by atoms with Crippen LogP contribution < -0.4 is 9.62 Å². The number of carbonyl (C=O) groups is 1. The molecule has 2 rings (SSSR count). The number of sulfonamides is 1. The van der Waals surface area contributed by atoms with E-state index in [4.69, 9.17) is 0 Å². The zero-order chi connectivity index (χ0) is 17.7. The van der Waals surface area contributed by atoms with E-state index >= 15 is 0 Å². The molecule has 0 heterocycles. The average molecular weight is 371 g/mol. The number of amides is 1. The van der Waals surface area contributed by atoms with Crippen molar-refractivity contribution in [2.75, 3.05) is 29.9 Å². The van der Waals surface area contributed by atoms with Crippen LogP contribution in [0, 0.1) is 6.92 Å². The molecule has 1 saturated carbocycles. The zero-order valence-corrected chi connectivity index (χ0v) is 16.2. The minimum absolute atomic E-state index is 0.162. The van der Waals surface area contributed by atoms with Gasteiger partial charge < -0.3 is 5.32 Å². The number of nitrogens with one attached hydrogen (secondary N) is 1. The summed E-state index contributed by atoms with van der Waals surface area (Å²) in [5.74, 6) is 0.753. The largest absolute Gasteiger partial charge is 0.351 e. The van der Waals surface area contributed by atoms with E-state index < -0.39 is 10.0 Å². The van der Waals surface area contributed by atoms with E-state index in [-0.39, 0.29) is 5.91 Å². The van der Waals surface area contributed by atoms with Gasteiger partial charge >= 0.3 is 0 Å². The van der Waals surface area contributed by atoms with E-state index in [1.54, 1.807) is 18.2 Å². The van der Waals surface area contributed by atoms with Crippen LogP contribution in [-0.4, -0.2) is 45.2 Å². The van der Waals surface area contributed by atoms with E-state index in [2.05, 4.69) is 5.32 Å². The first-order valence-corrected chi connectivity index (χ1v) is 11.1. The Labute approximate surface area is 149 Å². The molecule has 0 aromatic heterocycles. The Morgan fingerprint density at radius 1 is 1.33 bits per heavy atom. The lowest BCUT2D eigenvalue weighted by atomic mass is 10.1. The predicted molar refractivity (Wildman–Crippen MR) is 101 cm³/mol. The number of hydrogen-bond donors (Lipinski definition) is 1. The Morgan fingerprint density at radius 3 is 2.62 bits per heavy atom. The SMILES string of the molecule is Cc1ccc(C(=O)NCCSC2CCCC2)cc1N(C)S(C)(=O)=O. The van der Waals surface area contributed by atoms with Gasteiger partial charge in [0.15, 0.2) is 0 Å². The third-order valence-electron chi connectivity index (χ3n) is 4.35. The van der Waals surface area contributed by atoms with Gasteiger partial charge in [-0.05, 0) is 37.5 Å². The molecule has 1 aliphatic carbocycles. The fourth-order valence-electron chi connectivity index (χ4n) is 2.82. The highest BCUT2D eigenvalue weighted by Gasteiger charge is 2.17. The van der Waals surface area contributed by atoms with Gasteiger partial charge in [0.1, 0.15) is 0 Å². The number of rotatable bonds is 7. The highest BCUT2D eigenvalue weighted by molar-refractivity contribution is 7.99. The van der Waals surface area contributed by atoms with Crippen LogP contribution in [0.2, 0.25) is 0 Å². The second kappa shape index (κ2) is 8.25. The quantitative estimate of drug-likeness (QED) is 0.750. The molecule has 1 aliphatic rings. The van der Waals surface area contributed by atoms with E-state index in [1.807, 2.05) is 18.7 Å². The van der Waals surface area contributed by atoms with Crippen molar-refractivity contribution in [1.82, 2.24) is 5.32 Å². The van der Waals surface area contributed by atoms with Gasteiger partial charge in [-0.3, -0.25) is 9.10 Å². The Morgan fingerprint density at radius 2 is 2.00 bits per heavy atom. The molecule has 0 atom stereocenters. The van der Waals surface area contributed by atoms with Crippen LogP contribution in [0.1, 0.15) is 41.6 Å². The molecule has 1 fully saturated rings. The van der Waals surface area contributed by atoms with Gasteiger partial charge in [0, 0.05) is 30.2 Å². The van der Waals surface area contributed by atoms with E-state index in [0.29, 0.717) is 17.8 Å². The first-order valence-electron chi connectivity index (χ1n) is 8.23. The summed E-state index contributed by atoms with van der Waals surface area (Å²) in [5, 5.41) is 3.67. The maximum absolute atomic E-state index is 12.3. The molecule has 0 spiro atoms. The minimum Gasteiger partial charge on any atom is -0.351 e. The summed E-state index contributed by atoms with van der Waals surface area (Å²) in [6.45, 7) is 2.46. The number of aryl methyl sites for hydroxylation is 1. The number of carbonyl (C=O) groups excluding carboxylic acids is 1. The lowest BCUT2D eigenvalue weighted by molar-refractivity contribution is 0.0956. The van der Waals surface area contributed by atoms with Crippen molar-refractivity contribution in [3.63, 3.8) is 0 Å². The first-order chi connectivity index (χ1) is 11.3. The van der Waals surface area contributed by atoms with Gasteiger partial charge in [-0.25, -0.2) is 8.42 Å². The van der Waals surface area contributed by atoms with Crippen LogP contribution >= 0.6 is 11.8 Å². The smallest absolute Gasteiger partial charge is 0.251 e. The maximum Gasteiger partial charge on any atom is 0.251 e. The van der Waals surface area contributed by atoms with Crippen molar-refractivity contribution in [2.45, 2.75) is 37.9 Å². The molecular formula is C17H26N2O3S2. The number of nitrogens with zero attached hydrogens (tertiary/aromatic N) is 1. The summed E-state index contributed by atoms with van der Waals surface area (Å²) in [4.78, 5) is 12.3. The van der Waals surface area contributed by atoms with Gasteiger partial charge in [-0.15, -0.1) is 0 Å². The van der Waals surface area contributed by atoms with E-state index in [0.717, 1.165) is 22.8 Å². The second-order valence-corrected chi connectivity index (χ2v) is 9.69. The molecule has 1 N–H and O–H groups in total. The van der Waals surface area contributed by atoms with Crippen LogP contribution in [0.25, 0.3) is 0 Å². The fourth-order valence-corrected chi connectivity index (χ4v) is 4.59. The van der Waals surface area contributed by atoms with Gasteiger partial charge in [0.25, 0.3) is 5.91 Å². The molecule has 134 valence electrons. The summed E-state index contributed by atoms with van der Waals surface area (Å²) in [7, 11) is -1.86. The third-order valence-corrected chi connectivity index (χ3v) is 6.93. The lowest BCUT2D eigenvalue weighted by Crippen LogP contribution is -2.28. The normalized spacial score (nSPS) is 15.5. The molecule has 0 radical (unpaired) electrons. The maximum atomic E-state index is 12.3. The highest BCUT2D eigenvalue weighted by Crippen LogP contribution is 2.29. The summed E-state index contributed by atoms with van der Waals surface area (Å²) in [6, 6.07) is 5.14. The molecule has 0 saturated heterocycles. The first kappa shape index (κ1) is 19.1. The summed E-state index contributed by atoms with van der Waals surface area (Å²) in [6.07, 6.45) is 6.38. The van der Waals surface area contributed by atoms with Gasteiger partial charge in [0.2, 0.25) is 10.0 Å². The third kappa shape index (κ3) is 5.14. The lowest BCUT2D eigenvalue weighted by Gasteiger charge is -2.19. The molecule has 0 bridgehead atoms.